The first-order chi connectivity index (χ1) is 16.9. The van der Waals surface area contributed by atoms with Gasteiger partial charge in [-0.05, 0) is 70.6 Å². The Morgan fingerprint density at radius 2 is 1.54 bits per heavy atom. The molecule has 0 radical (unpaired) electrons. The van der Waals surface area contributed by atoms with Gasteiger partial charge < -0.3 is 20.0 Å². The zero-order valence-corrected chi connectivity index (χ0v) is 22.2. The normalized spacial score (nSPS) is 11.5. The second-order valence-corrected chi connectivity index (χ2v) is 10.0. The van der Waals surface area contributed by atoms with Gasteiger partial charge in [0.1, 0.15) is 11.4 Å². The van der Waals surface area contributed by atoms with E-state index in [9.17, 15) is 31.5 Å². The van der Waals surface area contributed by atoms with Crippen LogP contribution in [0.4, 0.5) is 24.7 Å². The predicted octanol–water partition coefficient (Wildman–Crippen LogP) is 3.53. The zero-order chi connectivity index (χ0) is 28.7. The summed E-state index contributed by atoms with van der Waals surface area (Å²) < 4.78 is 60.0. The van der Waals surface area contributed by atoms with Crippen LogP contribution in [0.15, 0.2) is 29.3 Å². The fraction of sp³-hybridized carbons (Fsp3) is 0.435. The van der Waals surface area contributed by atoms with Crippen LogP contribution in [0.1, 0.15) is 34.0 Å². The first-order valence-electron chi connectivity index (χ1n) is 10.9. The number of sulfonamides is 1. The third-order valence-electron chi connectivity index (χ3n) is 5.17. The lowest BCUT2D eigenvalue weighted by Crippen LogP contribution is -2.33. The number of rotatable bonds is 9. The Morgan fingerprint density at radius 1 is 1.00 bits per heavy atom. The first kappa shape index (κ1) is 31.6. The number of benzene rings is 1. The molecule has 0 atom stereocenters. The van der Waals surface area contributed by atoms with Gasteiger partial charge >= 0.3 is 18.1 Å². The number of halogens is 3. The number of aromatic carboxylic acids is 1. The molecule has 0 saturated carbocycles. The highest BCUT2D eigenvalue weighted by atomic mass is 32.2. The molecular formula is C23H31F3N4O6S. The topological polar surface area (TPSA) is 140 Å². The molecule has 3 N–H and O–H groups in total. The molecule has 1 aromatic heterocycles. The minimum Gasteiger partial charge on any atom is -0.478 e. The largest absolute Gasteiger partial charge is 0.490 e. The van der Waals surface area contributed by atoms with Crippen LogP contribution in [0.5, 0.6) is 0 Å². The highest BCUT2D eigenvalue weighted by Crippen LogP contribution is 2.26. The van der Waals surface area contributed by atoms with Gasteiger partial charge in [0.2, 0.25) is 0 Å². The van der Waals surface area contributed by atoms with Crippen LogP contribution in [0.25, 0.3) is 0 Å². The third-order valence-corrected chi connectivity index (χ3v) is 6.69. The van der Waals surface area contributed by atoms with Gasteiger partial charge in [0.25, 0.3) is 10.0 Å². The van der Waals surface area contributed by atoms with E-state index in [1.807, 2.05) is 50.7 Å². The fourth-order valence-corrected chi connectivity index (χ4v) is 4.44. The van der Waals surface area contributed by atoms with Crippen molar-refractivity contribution in [2.45, 2.75) is 38.8 Å². The summed E-state index contributed by atoms with van der Waals surface area (Å²) in [6.45, 7) is 9.33. The van der Waals surface area contributed by atoms with E-state index in [4.69, 9.17) is 9.90 Å². The van der Waals surface area contributed by atoms with Gasteiger partial charge in [-0.3, -0.25) is 4.72 Å². The van der Waals surface area contributed by atoms with Crippen molar-refractivity contribution < 1.29 is 41.4 Å². The van der Waals surface area contributed by atoms with Gasteiger partial charge in [-0.1, -0.05) is 6.07 Å². The number of anilines is 2. The summed E-state index contributed by atoms with van der Waals surface area (Å²) in [7, 11) is -0.0160. The maximum absolute atomic E-state index is 12.9. The molecule has 14 heteroatoms. The summed E-state index contributed by atoms with van der Waals surface area (Å²) in [6.07, 6.45) is -3.73. The molecule has 206 valence electrons. The van der Waals surface area contributed by atoms with Crippen molar-refractivity contribution >= 4 is 33.5 Å². The van der Waals surface area contributed by atoms with E-state index in [-0.39, 0.29) is 16.1 Å². The number of hydrogen-bond donors (Lipinski definition) is 3. The summed E-state index contributed by atoms with van der Waals surface area (Å²) in [4.78, 5) is 29.0. The number of pyridine rings is 1. The summed E-state index contributed by atoms with van der Waals surface area (Å²) in [5, 5.41) is 16.8. The number of alkyl halides is 3. The average molecular weight is 549 g/mol. The molecule has 0 aliphatic rings. The van der Waals surface area contributed by atoms with E-state index in [0.29, 0.717) is 24.5 Å². The van der Waals surface area contributed by atoms with E-state index in [0.717, 1.165) is 17.7 Å². The van der Waals surface area contributed by atoms with Crippen LogP contribution in [-0.4, -0.2) is 80.4 Å². The maximum atomic E-state index is 12.9. The van der Waals surface area contributed by atoms with Crippen LogP contribution in [0.2, 0.25) is 0 Å². The molecule has 1 heterocycles. The predicted molar refractivity (Wildman–Crippen MR) is 133 cm³/mol. The molecule has 2 aromatic rings. The molecule has 1 aromatic carbocycles. The molecule has 0 spiro atoms. The van der Waals surface area contributed by atoms with E-state index < -0.39 is 28.1 Å². The van der Waals surface area contributed by atoms with Crippen molar-refractivity contribution in [3.63, 3.8) is 0 Å². The van der Waals surface area contributed by atoms with Crippen molar-refractivity contribution in [1.29, 1.82) is 0 Å². The molecule has 37 heavy (non-hydrogen) atoms. The van der Waals surface area contributed by atoms with Gasteiger partial charge in [0, 0.05) is 19.6 Å². The van der Waals surface area contributed by atoms with Crippen LogP contribution >= 0.6 is 0 Å². The number of aryl methyl sites for hydroxylation is 3. The van der Waals surface area contributed by atoms with Gasteiger partial charge in [-0.15, -0.1) is 0 Å². The number of carbonyl (C=O) groups is 2. The van der Waals surface area contributed by atoms with E-state index in [1.54, 1.807) is 13.0 Å². The van der Waals surface area contributed by atoms with Crippen LogP contribution in [0.3, 0.4) is 0 Å². The summed E-state index contributed by atoms with van der Waals surface area (Å²) >= 11 is 0. The highest BCUT2D eigenvalue weighted by Gasteiger charge is 2.38. The summed E-state index contributed by atoms with van der Waals surface area (Å²) in [5.74, 6) is -3.60. The van der Waals surface area contributed by atoms with Crippen molar-refractivity contribution in [3.8, 4) is 0 Å². The average Bonchev–Trinajstić information content (AvgIpc) is 2.76. The van der Waals surface area contributed by atoms with Gasteiger partial charge in [0.15, 0.2) is 0 Å². The van der Waals surface area contributed by atoms with Crippen molar-refractivity contribution in [3.05, 3.63) is 46.6 Å². The van der Waals surface area contributed by atoms with Crippen molar-refractivity contribution in [1.82, 2.24) is 9.88 Å². The molecule has 0 bridgehead atoms. The van der Waals surface area contributed by atoms with Gasteiger partial charge in [-0.2, -0.15) is 13.2 Å². The molecule has 0 amide bonds. The lowest BCUT2D eigenvalue weighted by atomic mass is 10.1. The molecule has 2 rings (SSSR count). The van der Waals surface area contributed by atoms with Crippen LogP contribution in [-0.2, 0) is 14.8 Å². The van der Waals surface area contributed by atoms with Crippen molar-refractivity contribution in [2.75, 3.05) is 43.4 Å². The quantitative estimate of drug-likeness (QED) is 0.429. The molecule has 0 fully saturated rings. The number of nitrogens with zero attached hydrogens (tertiary/aromatic N) is 3. The maximum Gasteiger partial charge on any atom is 0.490 e. The molecule has 0 saturated heterocycles. The molecule has 10 nitrogen and oxygen atoms in total. The lowest BCUT2D eigenvalue weighted by Gasteiger charge is -2.25. The Hall–Kier alpha value is -3.39. The molecule has 0 aliphatic heterocycles. The Bertz CT molecular complexity index is 1230. The Kier molecular flexibility index (Phi) is 10.9. The molecule has 0 unspecified atom stereocenters. The highest BCUT2D eigenvalue weighted by molar-refractivity contribution is 7.92. The van der Waals surface area contributed by atoms with E-state index >= 15 is 0 Å². The number of hydrogen-bond acceptors (Lipinski definition) is 7. The van der Waals surface area contributed by atoms with Crippen LogP contribution < -0.4 is 9.62 Å². The van der Waals surface area contributed by atoms with E-state index in [1.165, 1.54) is 12.3 Å². The van der Waals surface area contributed by atoms with Crippen molar-refractivity contribution in [2.24, 2.45) is 0 Å². The SMILES string of the molecule is CCN(CCN(C)C)c1ncc(NS(=O)(=O)c2cc(C)c(C)cc2C)cc1C(=O)O.O=C(O)C(F)(F)F. The number of carboxylic acids is 2. The summed E-state index contributed by atoms with van der Waals surface area (Å²) in [6, 6.07) is 4.75. The second-order valence-electron chi connectivity index (χ2n) is 8.39. The number of nitrogens with one attached hydrogen (secondary N) is 1. The Balaban J connectivity index is 0.000000856. The Morgan fingerprint density at radius 3 is 2.00 bits per heavy atom. The van der Waals surface area contributed by atoms with E-state index in [2.05, 4.69) is 9.71 Å². The number of likely N-dealkylation sites (N-methyl/N-ethyl adjacent to an activating group) is 2. The number of aromatic nitrogens is 1. The monoisotopic (exact) mass is 548 g/mol. The first-order valence-corrected chi connectivity index (χ1v) is 12.4. The minimum absolute atomic E-state index is 0.0485. The summed E-state index contributed by atoms with van der Waals surface area (Å²) in [5.41, 5.74) is 2.54. The third kappa shape index (κ3) is 9.21. The number of carboxylic acid groups (broad SMARTS) is 2. The van der Waals surface area contributed by atoms with Gasteiger partial charge in [-0.25, -0.2) is 23.0 Å². The molecule has 0 aliphatic carbocycles. The minimum atomic E-state index is -5.08. The van der Waals surface area contributed by atoms with Crippen LogP contribution in [0, 0.1) is 20.8 Å². The standard InChI is InChI=1S/C21H30N4O4S.C2HF3O2/c1-7-25(9-8-24(5)6)20-18(21(26)27)12-17(13-22-20)23-30(28,29)19-11-15(3)14(2)10-16(19)4;3-2(4,5)1(6)7/h10-13,23H,7-9H2,1-6H3,(H,26,27);(H,6,7). The second kappa shape index (κ2) is 12.7. The fourth-order valence-electron chi connectivity index (χ4n) is 3.09. The Labute approximate surface area is 213 Å². The zero-order valence-electron chi connectivity index (χ0n) is 21.3. The van der Waals surface area contributed by atoms with Gasteiger partial charge in [0.05, 0.1) is 16.8 Å². The molecular weight excluding hydrogens is 517 g/mol. The lowest BCUT2D eigenvalue weighted by molar-refractivity contribution is -0.192. The number of aliphatic carboxylic acids is 1. The smallest absolute Gasteiger partial charge is 0.478 e.